The summed E-state index contributed by atoms with van der Waals surface area (Å²) < 4.78 is 0. The van der Waals surface area contributed by atoms with Crippen LogP contribution < -0.4 is 5.32 Å². The van der Waals surface area contributed by atoms with E-state index in [1.807, 2.05) is 42.5 Å². The van der Waals surface area contributed by atoms with Gasteiger partial charge in [-0.25, -0.2) is 0 Å². The molecule has 3 atom stereocenters. The second-order valence-electron chi connectivity index (χ2n) is 7.32. The average Bonchev–Trinajstić information content (AvgIpc) is 3.39. The summed E-state index contributed by atoms with van der Waals surface area (Å²) in [4.78, 5) is 30.9. The Hall–Kier alpha value is -2.99. The van der Waals surface area contributed by atoms with E-state index >= 15 is 0 Å². The zero-order valence-corrected chi connectivity index (χ0v) is 15.5. The highest BCUT2D eigenvalue weighted by Gasteiger charge is 2.36. The van der Waals surface area contributed by atoms with Crippen LogP contribution >= 0.6 is 0 Å². The molecule has 2 aliphatic rings. The van der Waals surface area contributed by atoms with Crippen molar-refractivity contribution in [1.82, 2.24) is 15.2 Å². The average molecular weight is 377 g/mol. The summed E-state index contributed by atoms with van der Waals surface area (Å²) >= 11 is 0. The lowest BCUT2D eigenvalue weighted by molar-refractivity contribution is -0.124. The highest BCUT2D eigenvalue weighted by molar-refractivity contribution is 5.96. The van der Waals surface area contributed by atoms with Gasteiger partial charge in [-0.2, -0.15) is 0 Å². The Kier molecular flexibility index (Phi) is 5.21. The Morgan fingerprint density at radius 1 is 1.11 bits per heavy atom. The van der Waals surface area contributed by atoms with Gasteiger partial charge in [-0.1, -0.05) is 24.3 Å². The first-order valence-corrected chi connectivity index (χ1v) is 9.56. The molecule has 6 nitrogen and oxygen atoms in total. The zero-order chi connectivity index (χ0) is 19.5. The summed E-state index contributed by atoms with van der Waals surface area (Å²) in [7, 11) is 0. The number of aliphatic hydroxyl groups is 1. The van der Waals surface area contributed by atoms with Crippen LogP contribution in [-0.4, -0.2) is 52.0 Å². The Labute approximate surface area is 163 Å². The van der Waals surface area contributed by atoms with Gasteiger partial charge in [-0.15, -0.1) is 0 Å². The number of benzene rings is 1. The minimum Gasteiger partial charge on any atom is -0.389 e. The first kappa shape index (κ1) is 18.4. The number of nitrogens with zero attached hydrogens (tertiary/aromatic N) is 2. The minimum atomic E-state index is -0.762. The van der Waals surface area contributed by atoms with Crippen LogP contribution in [0.4, 0.5) is 0 Å². The van der Waals surface area contributed by atoms with E-state index in [1.165, 1.54) is 0 Å². The molecule has 0 spiro atoms. The Morgan fingerprint density at radius 3 is 2.68 bits per heavy atom. The van der Waals surface area contributed by atoms with Gasteiger partial charge >= 0.3 is 0 Å². The smallest absolute Gasteiger partial charge is 0.254 e. The molecule has 0 bridgehead atoms. The summed E-state index contributed by atoms with van der Waals surface area (Å²) in [6, 6.07) is 10.8. The topological polar surface area (TPSA) is 82.5 Å². The van der Waals surface area contributed by atoms with Crippen molar-refractivity contribution in [2.75, 3.05) is 13.1 Å². The van der Waals surface area contributed by atoms with Crippen molar-refractivity contribution < 1.29 is 14.7 Å². The third-order valence-electron chi connectivity index (χ3n) is 5.38. The fraction of sp³-hybridized carbons (Fsp3) is 0.318. The number of aromatic nitrogens is 1. The van der Waals surface area contributed by atoms with Crippen LogP contribution in [0, 0.1) is 5.92 Å². The van der Waals surface area contributed by atoms with Gasteiger partial charge in [0.05, 0.1) is 18.1 Å². The summed E-state index contributed by atoms with van der Waals surface area (Å²) in [6.07, 6.45) is 8.29. The normalized spacial score (nSPS) is 23.8. The van der Waals surface area contributed by atoms with Gasteiger partial charge in [0.2, 0.25) is 5.91 Å². The Balaban J connectivity index is 1.44. The molecular formula is C22H23N3O3. The molecular weight excluding hydrogens is 354 g/mol. The molecule has 1 aliphatic heterocycles. The van der Waals surface area contributed by atoms with Crippen LogP contribution in [0.15, 0.2) is 60.9 Å². The maximum Gasteiger partial charge on any atom is 0.254 e. The fourth-order valence-electron chi connectivity index (χ4n) is 3.79. The number of aliphatic hydroxyl groups excluding tert-OH is 1. The SMILES string of the molecule is O=C(N[C@@H]1CN(C(=O)c2cccc(-c3ccncc3)c2)C[C@H]1O)C1C=CCC1. The lowest BCUT2D eigenvalue weighted by Crippen LogP contribution is -2.45. The van der Waals surface area contributed by atoms with Crippen molar-refractivity contribution in [3.8, 4) is 11.1 Å². The van der Waals surface area contributed by atoms with E-state index in [9.17, 15) is 14.7 Å². The maximum absolute atomic E-state index is 12.9. The van der Waals surface area contributed by atoms with Gasteiger partial charge in [-0.3, -0.25) is 14.6 Å². The van der Waals surface area contributed by atoms with Crippen molar-refractivity contribution >= 4 is 11.8 Å². The molecule has 144 valence electrons. The van der Waals surface area contributed by atoms with E-state index in [2.05, 4.69) is 10.3 Å². The molecule has 1 aliphatic carbocycles. The van der Waals surface area contributed by atoms with Gasteiger partial charge in [0.25, 0.3) is 5.91 Å². The molecule has 1 fully saturated rings. The molecule has 1 aromatic carbocycles. The predicted octanol–water partition coefficient (Wildman–Crippen LogP) is 2.02. The quantitative estimate of drug-likeness (QED) is 0.799. The molecule has 1 saturated heterocycles. The summed E-state index contributed by atoms with van der Waals surface area (Å²) in [5.41, 5.74) is 2.49. The Morgan fingerprint density at radius 2 is 1.93 bits per heavy atom. The molecule has 0 radical (unpaired) electrons. The third kappa shape index (κ3) is 3.82. The van der Waals surface area contributed by atoms with E-state index in [0.29, 0.717) is 12.1 Å². The van der Waals surface area contributed by atoms with E-state index in [-0.39, 0.29) is 24.3 Å². The molecule has 1 unspecified atom stereocenters. The number of carbonyl (C=O) groups is 2. The lowest BCUT2D eigenvalue weighted by Gasteiger charge is -2.18. The highest BCUT2D eigenvalue weighted by atomic mass is 16.3. The van der Waals surface area contributed by atoms with Gasteiger partial charge < -0.3 is 15.3 Å². The molecule has 2 N–H and O–H groups in total. The number of allylic oxidation sites excluding steroid dienone is 1. The summed E-state index contributed by atoms with van der Waals surface area (Å²) in [6.45, 7) is 0.519. The number of nitrogens with one attached hydrogen (secondary N) is 1. The number of likely N-dealkylation sites (tertiary alicyclic amines) is 1. The van der Waals surface area contributed by atoms with Crippen LogP contribution in [0.1, 0.15) is 23.2 Å². The number of pyridine rings is 1. The molecule has 4 rings (SSSR count). The van der Waals surface area contributed by atoms with Crippen molar-refractivity contribution in [1.29, 1.82) is 0 Å². The summed E-state index contributed by atoms with van der Waals surface area (Å²) in [5.74, 6) is -0.353. The number of rotatable bonds is 4. The molecule has 0 saturated carbocycles. The van der Waals surface area contributed by atoms with Gasteiger partial charge in [0.1, 0.15) is 0 Å². The van der Waals surface area contributed by atoms with Crippen LogP contribution in [0.25, 0.3) is 11.1 Å². The van der Waals surface area contributed by atoms with Crippen molar-refractivity contribution in [2.45, 2.75) is 25.0 Å². The van der Waals surface area contributed by atoms with Crippen molar-refractivity contribution in [3.63, 3.8) is 0 Å². The molecule has 28 heavy (non-hydrogen) atoms. The number of β-amino-alcohol motifs (C(OH)–C–C–N with tert-alkyl or cyclic N) is 1. The van der Waals surface area contributed by atoms with Crippen molar-refractivity contribution in [3.05, 3.63) is 66.5 Å². The van der Waals surface area contributed by atoms with Crippen LogP contribution in [-0.2, 0) is 4.79 Å². The monoisotopic (exact) mass is 377 g/mol. The standard InChI is InChI=1S/C22H23N3O3/c26-20-14-25(13-19(20)24-21(27)16-4-1-2-5-16)22(28)18-7-3-6-17(12-18)15-8-10-23-11-9-15/h1,3-4,6-12,16,19-20,26H,2,5,13-14H2,(H,24,27)/t16?,19-,20-/m1/s1. The van der Waals surface area contributed by atoms with Crippen LogP contribution in [0.2, 0.25) is 0 Å². The van der Waals surface area contributed by atoms with Crippen LogP contribution in [0.3, 0.4) is 0 Å². The van der Waals surface area contributed by atoms with Crippen LogP contribution in [0.5, 0.6) is 0 Å². The molecule has 2 aromatic rings. The maximum atomic E-state index is 12.9. The molecule has 2 heterocycles. The first-order chi connectivity index (χ1) is 13.6. The second kappa shape index (κ2) is 7.94. The minimum absolute atomic E-state index is 0.0771. The van der Waals surface area contributed by atoms with Crippen molar-refractivity contribution in [2.24, 2.45) is 5.92 Å². The first-order valence-electron chi connectivity index (χ1n) is 9.56. The molecule has 1 aromatic heterocycles. The van der Waals surface area contributed by atoms with E-state index in [1.54, 1.807) is 23.4 Å². The van der Waals surface area contributed by atoms with E-state index < -0.39 is 12.1 Å². The van der Waals surface area contributed by atoms with E-state index in [0.717, 1.165) is 24.0 Å². The number of hydrogen-bond acceptors (Lipinski definition) is 4. The number of amides is 2. The van der Waals surface area contributed by atoms with Gasteiger partial charge in [-0.05, 0) is 48.2 Å². The Bertz CT molecular complexity index is 897. The van der Waals surface area contributed by atoms with E-state index in [4.69, 9.17) is 0 Å². The molecule has 6 heteroatoms. The molecule has 2 amide bonds. The number of carbonyl (C=O) groups excluding carboxylic acids is 2. The highest BCUT2D eigenvalue weighted by Crippen LogP contribution is 2.22. The summed E-state index contributed by atoms with van der Waals surface area (Å²) in [5, 5.41) is 13.2. The predicted molar refractivity (Wildman–Crippen MR) is 105 cm³/mol. The fourth-order valence-corrected chi connectivity index (χ4v) is 3.79. The lowest BCUT2D eigenvalue weighted by atomic mass is 10.0. The third-order valence-corrected chi connectivity index (χ3v) is 5.38. The second-order valence-corrected chi connectivity index (χ2v) is 7.32. The van der Waals surface area contributed by atoms with Gasteiger partial charge in [0.15, 0.2) is 0 Å². The number of hydrogen-bond donors (Lipinski definition) is 2. The zero-order valence-electron chi connectivity index (χ0n) is 15.5. The van der Waals surface area contributed by atoms with Gasteiger partial charge in [0, 0.05) is 31.0 Å². The largest absolute Gasteiger partial charge is 0.389 e.